The van der Waals surface area contributed by atoms with Crippen LogP contribution in [0.15, 0.2) is 30.3 Å². The summed E-state index contributed by atoms with van der Waals surface area (Å²) in [4.78, 5) is 36.8. The lowest BCUT2D eigenvalue weighted by molar-refractivity contribution is -0.153. The first-order valence-corrected chi connectivity index (χ1v) is 7.41. The van der Waals surface area contributed by atoms with E-state index in [1.165, 1.54) is 0 Å². The summed E-state index contributed by atoms with van der Waals surface area (Å²) < 4.78 is 5.60. The highest BCUT2D eigenvalue weighted by Crippen LogP contribution is 2.19. The van der Waals surface area contributed by atoms with Gasteiger partial charge in [-0.25, -0.2) is 4.79 Å². The van der Waals surface area contributed by atoms with Crippen molar-refractivity contribution >= 4 is 17.8 Å². The summed E-state index contributed by atoms with van der Waals surface area (Å²) in [5, 5.41) is 11.1. The lowest BCUT2D eigenvalue weighted by Gasteiger charge is -2.37. The number of aliphatic carboxylic acids is 1. The molecule has 0 aromatic heterocycles. The molecule has 0 saturated carbocycles. The summed E-state index contributed by atoms with van der Waals surface area (Å²) in [6.45, 7) is 4.53. The van der Waals surface area contributed by atoms with E-state index >= 15 is 0 Å². The smallest absolute Gasteiger partial charge is 0.394 e. The zero-order valence-electron chi connectivity index (χ0n) is 13.1. The first-order valence-electron chi connectivity index (χ1n) is 7.41. The van der Waals surface area contributed by atoms with Crippen LogP contribution in [0.2, 0.25) is 0 Å². The molecule has 1 fully saturated rings. The van der Waals surface area contributed by atoms with Crippen LogP contribution in [0, 0.1) is 0 Å². The Bertz CT molecular complexity index is 579. The van der Waals surface area contributed by atoms with Gasteiger partial charge in [-0.15, -0.1) is 0 Å². The van der Waals surface area contributed by atoms with Gasteiger partial charge in [0.1, 0.15) is 6.04 Å². The van der Waals surface area contributed by atoms with Crippen LogP contribution in [0.4, 0.5) is 0 Å². The van der Waals surface area contributed by atoms with Crippen molar-refractivity contribution in [3.8, 4) is 0 Å². The Labute approximate surface area is 134 Å². The van der Waals surface area contributed by atoms with Gasteiger partial charge in [0.2, 0.25) is 5.91 Å². The van der Waals surface area contributed by atoms with Crippen LogP contribution < -0.4 is 5.32 Å². The van der Waals surface area contributed by atoms with Crippen LogP contribution in [0.25, 0.3) is 0 Å². The molecule has 0 bridgehead atoms. The van der Waals surface area contributed by atoms with Gasteiger partial charge in [0.05, 0.1) is 12.2 Å². The van der Waals surface area contributed by atoms with Gasteiger partial charge in [-0.05, 0) is 19.4 Å². The molecule has 124 valence electrons. The van der Waals surface area contributed by atoms with E-state index < -0.39 is 17.9 Å². The number of morpholine rings is 1. The predicted molar refractivity (Wildman–Crippen MR) is 81.6 cm³/mol. The molecular formula is C16H20N2O5. The standard InChI is InChI=1S/C16H20N2O5/c1-10-8-18(9-11(2)23-10)15(20)13(17-14(19)16(21)22)12-6-4-3-5-7-12/h3-7,10-11,13H,8-9H2,1-2H3,(H,17,19)(H,21,22). The average Bonchev–Trinajstić information content (AvgIpc) is 2.51. The molecule has 2 amide bonds. The van der Waals surface area contributed by atoms with Crippen molar-refractivity contribution in [2.75, 3.05) is 13.1 Å². The first kappa shape index (κ1) is 17.0. The summed E-state index contributed by atoms with van der Waals surface area (Å²) in [6, 6.07) is 7.57. The Hall–Kier alpha value is -2.41. The quantitative estimate of drug-likeness (QED) is 0.794. The minimum atomic E-state index is -1.62. The van der Waals surface area contributed by atoms with Gasteiger partial charge < -0.3 is 20.1 Å². The highest BCUT2D eigenvalue weighted by molar-refractivity contribution is 6.32. The van der Waals surface area contributed by atoms with E-state index in [0.717, 1.165) is 0 Å². The van der Waals surface area contributed by atoms with Gasteiger partial charge in [0, 0.05) is 13.1 Å². The fourth-order valence-electron chi connectivity index (χ4n) is 2.67. The molecule has 1 aromatic rings. The molecule has 3 atom stereocenters. The second-order valence-corrected chi connectivity index (χ2v) is 5.62. The van der Waals surface area contributed by atoms with E-state index in [0.29, 0.717) is 18.7 Å². The molecular weight excluding hydrogens is 300 g/mol. The van der Waals surface area contributed by atoms with Crippen LogP contribution >= 0.6 is 0 Å². The fourth-order valence-corrected chi connectivity index (χ4v) is 2.67. The minimum absolute atomic E-state index is 0.116. The third-order valence-corrected chi connectivity index (χ3v) is 3.58. The summed E-state index contributed by atoms with van der Waals surface area (Å²) in [7, 11) is 0. The molecule has 2 rings (SSSR count). The molecule has 7 heteroatoms. The van der Waals surface area contributed by atoms with Gasteiger partial charge in [-0.1, -0.05) is 30.3 Å². The molecule has 1 aromatic carbocycles. The SMILES string of the molecule is CC1CN(C(=O)C(NC(=O)C(=O)O)c2ccccc2)CC(C)O1. The highest BCUT2D eigenvalue weighted by atomic mass is 16.5. The number of carbonyl (C=O) groups excluding carboxylic acids is 2. The number of hydrogen-bond donors (Lipinski definition) is 2. The maximum Gasteiger partial charge on any atom is 0.394 e. The monoisotopic (exact) mass is 320 g/mol. The zero-order valence-corrected chi connectivity index (χ0v) is 13.1. The predicted octanol–water partition coefficient (Wildman–Crippen LogP) is 0.564. The molecule has 1 saturated heterocycles. The van der Waals surface area contributed by atoms with E-state index in [-0.39, 0.29) is 18.1 Å². The maximum absolute atomic E-state index is 12.8. The third-order valence-electron chi connectivity index (χ3n) is 3.58. The number of ether oxygens (including phenoxy) is 1. The number of hydrogen-bond acceptors (Lipinski definition) is 4. The second kappa shape index (κ2) is 7.23. The molecule has 3 unspecified atom stereocenters. The van der Waals surface area contributed by atoms with Crippen molar-refractivity contribution in [1.29, 1.82) is 0 Å². The summed E-state index contributed by atoms with van der Waals surface area (Å²) in [6.07, 6.45) is -0.233. The largest absolute Gasteiger partial charge is 0.474 e. The van der Waals surface area contributed by atoms with Crippen LogP contribution in [-0.2, 0) is 19.1 Å². The number of nitrogens with one attached hydrogen (secondary N) is 1. The van der Waals surface area contributed by atoms with Crippen molar-refractivity contribution in [3.05, 3.63) is 35.9 Å². The van der Waals surface area contributed by atoms with Gasteiger partial charge in [0.15, 0.2) is 0 Å². The minimum Gasteiger partial charge on any atom is -0.474 e. The zero-order chi connectivity index (χ0) is 17.0. The maximum atomic E-state index is 12.8. The Balaban J connectivity index is 2.24. The third kappa shape index (κ3) is 4.29. The van der Waals surface area contributed by atoms with Crippen LogP contribution in [0.3, 0.4) is 0 Å². The molecule has 7 nitrogen and oxygen atoms in total. The van der Waals surface area contributed by atoms with Gasteiger partial charge >= 0.3 is 11.9 Å². The van der Waals surface area contributed by atoms with Gasteiger partial charge in [0.25, 0.3) is 0 Å². The molecule has 1 aliphatic rings. The molecule has 0 spiro atoms. The highest BCUT2D eigenvalue weighted by Gasteiger charge is 2.33. The Morgan fingerprint density at radius 1 is 1.17 bits per heavy atom. The number of nitrogens with zero attached hydrogens (tertiary/aromatic N) is 1. The molecule has 0 aliphatic carbocycles. The van der Waals surface area contributed by atoms with E-state index in [9.17, 15) is 14.4 Å². The summed E-state index contributed by atoms with van der Waals surface area (Å²) >= 11 is 0. The summed E-state index contributed by atoms with van der Waals surface area (Å²) in [5.74, 6) is -3.17. The molecule has 23 heavy (non-hydrogen) atoms. The number of carboxylic acid groups (broad SMARTS) is 1. The summed E-state index contributed by atoms with van der Waals surface area (Å²) in [5.41, 5.74) is 0.541. The first-order chi connectivity index (χ1) is 10.9. The van der Waals surface area contributed by atoms with Gasteiger partial charge in [-0.2, -0.15) is 0 Å². The van der Waals surface area contributed by atoms with Crippen LogP contribution in [0.5, 0.6) is 0 Å². The lowest BCUT2D eigenvalue weighted by atomic mass is 10.0. The number of carbonyl (C=O) groups is 3. The van der Waals surface area contributed by atoms with Crippen LogP contribution in [-0.4, -0.2) is 53.1 Å². The number of benzene rings is 1. The van der Waals surface area contributed by atoms with Crippen molar-refractivity contribution in [2.24, 2.45) is 0 Å². The van der Waals surface area contributed by atoms with Crippen molar-refractivity contribution in [1.82, 2.24) is 10.2 Å². The van der Waals surface area contributed by atoms with E-state index in [4.69, 9.17) is 9.84 Å². The molecule has 2 N–H and O–H groups in total. The number of rotatable bonds is 3. The number of carboxylic acids is 1. The Morgan fingerprint density at radius 2 is 1.74 bits per heavy atom. The van der Waals surface area contributed by atoms with Gasteiger partial charge in [-0.3, -0.25) is 9.59 Å². The second-order valence-electron chi connectivity index (χ2n) is 5.62. The average molecular weight is 320 g/mol. The number of amides is 2. The fraction of sp³-hybridized carbons (Fsp3) is 0.438. The van der Waals surface area contributed by atoms with Crippen molar-refractivity contribution in [2.45, 2.75) is 32.1 Å². The van der Waals surface area contributed by atoms with Crippen molar-refractivity contribution < 1.29 is 24.2 Å². The normalized spacial score (nSPS) is 22.3. The van der Waals surface area contributed by atoms with Crippen LogP contribution in [0.1, 0.15) is 25.5 Å². The van der Waals surface area contributed by atoms with E-state index in [1.807, 2.05) is 13.8 Å². The topological polar surface area (TPSA) is 95.9 Å². The molecule has 1 aliphatic heterocycles. The molecule has 1 heterocycles. The Morgan fingerprint density at radius 3 is 2.26 bits per heavy atom. The van der Waals surface area contributed by atoms with Crippen molar-refractivity contribution in [3.63, 3.8) is 0 Å². The Kier molecular flexibility index (Phi) is 5.33. The molecule has 0 radical (unpaired) electrons. The lowest BCUT2D eigenvalue weighted by Crippen LogP contribution is -2.52. The van der Waals surface area contributed by atoms with E-state index in [1.54, 1.807) is 35.2 Å². The van der Waals surface area contributed by atoms with E-state index in [2.05, 4.69) is 5.32 Å².